The number of amides is 1. The van der Waals surface area contributed by atoms with E-state index in [-0.39, 0.29) is 12.5 Å². The summed E-state index contributed by atoms with van der Waals surface area (Å²) in [6.45, 7) is 5.23. The van der Waals surface area contributed by atoms with Crippen LogP contribution in [0.4, 0.5) is 11.4 Å². The van der Waals surface area contributed by atoms with Gasteiger partial charge in [0.1, 0.15) is 5.75 Å². The summed E-state index contributed by atoms with van der Waals surface area (Å²) in [5.74, 6) is 1.41. The minimum atomic E-state index is 0.0110. The fraction of sp³-hybridized carbons (Fsp3) is 0.500. The maximum absolute atomic E-state index is 11.9. The van der Waals surface area contributed by atoms with Gasteiger partial charge in [0.2, 0.25) is 0 Å². The molecule has 0 spiro atoms. The number of nitrogens with two attached hydrogens (primary N) is 1. The zero-order chi connectivity index (χ0) is 13.1. The summed E-state index contributed by atoms with van der Waals surface area (Å²) in [4.78, 5) is 13.7. The van der Waals surface area contributed by atoms with Gasteiger partial charge in [0.05, 0.1) is 5.69 Å². The van der Waals surface area contributed by atoms with Gasteiger partial charge < -0.3 is 15.4 Å². The second kappa shape index (κ2) is 5.29. The van der Waals surface area contributed by atoms with Crippen LogP contribution in [0.25, 0.3) is 0 Å². The lowest BCUT2D eigenvalue weighted by Crippen LogP contribution is -2.39. The molecule has 0 unspecified atom stereocenters. The first-order valence-corrected chi connectivity index (χ1v) is 6.40. The number of nitrogen functional groups attached to an aromatic ring is 1. The van der Waals surface area contributed by atoms with E-state index < -0.39 is 0 Å². The van der Waals surface area contributed by atoms with Gasteiger partial charge in [0, 0.05) is 12.2 Å². The number of benzene rings is 1. The van der Waals surface area contributed by atoms with Crippen LogP contribution in [0, 0.1) is 5.92 Å². The van der Waals surface area contributed by atoms with E-state index in [9.17, 15) is 4.79 Å². The molecule has 1 aromatic carbocycles. The van der Waals surface area contributed by atoms with Crippen LogP contribution in [0.5, 0.6) is 5.75 Å². The lowest BCUT2D eigenvalue weighted by atomic mass is 10.1. The molecule has 1 aromatic rings. The van der Waals surface area contributed by atoms with Crippen LogP contribution in [0.3, 0.4) is 0 Å². The minimum Gasteiger partial charge on any atom is -0.482 e. The largest absolute Gasteiger partial charge is 0.482 e. The molecule has 0 fully saturated rings. The molecule has 0 saturated heterocycles. The van der Waals surface area contributed by atoms with Crippen molar-refractivity contribution in [2.75, 3.05) is 23.8 Å². The molecule has 1 aliphatic heterocycles. The predicted molar refractivity (Wildman–Crippen MR) is 72.8 cm³/mol. The highest BCUT2D eigenvalue weighted by Gasteiger charge is 2.25. The Morgan fingerprint density at radius 3 is 2.94 bits per heavy atom. The first-order valence-electron chi connectivity index (χ1n) is 6.40. The standard InChI is InChI=1S/C14H20N2O2/c1-10(2)4-3-7-16-12-8-11(15)5-6-13(12)18-9-14(16)17/h5-6,8,10H,3-4,7,9,15H2,1-2H3. The van der Waals surface area contributed by atoms with Crippen LogP contribution in [0.2, 0.25) is 0 Å². The quantitative estimate of drug-likeness (QED) is 0.833. The van der Waals surface area contributed by atoms with Crippen molar-refractivity contribution in [3.8, 4) is 5.75 Å². The molecule has 4 heteroatoms. The first kappa shape index (κ1) is 12.7. The summed E-state index contributed by atoms with van der Waals surface area (Å²) in [6.07, 6.45) is 2.11. The third-order valence-electron chi connectivity index (χ3n) is 3.09. The van der Waals surface area contributed by atoms with Gasteiger partial charge >= 0.3 is 0 Å². The number of anilines is 2. The lowest BCUT2D eigenvalue weighted by Gasteiger charge is -2.29. The molecular weight excluding hydrogens is 228 g/mol. The van der Waals surface area contributed by atoms with Crippen LogP contribution < -0.4 is 15.4 Å². The summed E-state index contributed by atoms with van der Waals surface area (Å²) >= 11 is 0. The van der Waals surface area contributed by atoms with Crippen molar-refractivity contribution in [2.24, 2.45) is 5.92 Å². The van der Waals surface area contributed by atoms with E-state index in [1.54, 1.807) is 11.0 Å². The van der Waals surface area contributed by atoms with Gasteiger partial charge in [-0.25, -0.2) is 0 Å². The number of carbonyl (C=O) groups excluding carboxylic acids is 1. The molecule has 98 valence electrons. The summed E-state index contributed by atoms with van der Waals surface area (Å²) in [5.41, 5.74) is 7.23. The molecule has 4 nitrogen and oxygen atoms in total. The average Bonchev–Trinajstić information content (AvgIpc) is 2.31. The second-order valence-corrected chi connectivity index (χ2v) is 5.10. The van der Waals surface area contributed by atoms with E-state index in [0.29, 0.717) is 11.6 Å². The molecule has 2 rings (SSSR count). The van der Waals surface area contributed by atoms with E-state index >= 15 is 0 Å². The Balaban J connectivity index is 2.14. The predicted octanol–water partition coefficient (Wildman–Crippen LogP) is 2.43. The van der Waals surface area contributed by atoms with Gasteiger partial charge in [-0.2, -0.15) is 0 Å². The number of nitrogens with zero attached hydrogens (tertiary/aromatic N) is 1. The molecule has 2 N–H and O–H groups in total. The zero-order valence-corrected chi connectivity index (χ0v) is 11.0. The van der Waals surface area contributed by atoms with Crippen LogP contribution in [0.15, 0.2) is 18.2 Å². The smallest absolute Gasteiger partial charge is 0.265 e. The highest BCUT2D eigenvalue weighted by atomic mass is 16.5. The Bertz CT molecular complexity index is 443. The fourth-order valence-corrected chi connectivity index (χ4v) is 2.12. The van der Waals surface area contributed by atoms with Gasteiger partial charge in [-0.1, -0.05) is 13.8 Å². The maximum atomic E-state index is 11.9. The second-order valence-electron chi connectivity index (χ2n) is 5.10. The number of fused-ring (bicyclic) bond motifs is 1. The number of carbonyl (C=O) groups is 1. The van der Waals surface area contributed by atoms with Gasteiger partial charge in [-0.05, 0) is 37.0 Å². The molecule has 0 atom stereocenters. The van der Waals surface area contributed by atoms with Crippen molar-refractivity contribution in [1.29, 1.82) is 0 Å². The average molecular weight is 248 g/mol. The highest BCUT2D eigenvalue weighted by molar-refractivity contribution is 5.98. The van der Waals surface area contributed by atoms with Crippen molar-refractivity contribution in [3.63, 3.8) is 0 Å². The van der Waals surface area contributed by atoms with Crippen LogP contribution in [-0.2, 0) is 4.79 Å². The molecule has 0 aromatic heterocycles. The third kappa shape index (κ3) is 2.75. The topological polar surface area (TPSA) is 55.6 Å². The maximum Gasteiger partial charge on any atom is 0.265 e. The normalized spacial score (nSPS) is 14.6. The summed E-state index contributed by atoms with van der Waals surface area (Å²) < 4.78 is 5.40. The van der Waals surface area contributed by atoms with Crippen LogP contribution in [0.1, 0.15) is 26.7 Å². The Morgan fingerprint density at radius 1 is 1.44 bits per heavy atom. The highest BCUT2D eigenvalue weighted by Crippen LogP contribution is 2.33. The zero-order valence-electron chi connectivity index (χ0n) is 11.0. The molecule has 1 amide bonds. The molecule has 1 heterocycles. The number of rotatable bonds is 4. The Hall–Kier alpha value is -1.71. The van der Waals surface area contributed by atoms with Crippen molar-refractivity contribution in [1.82, 2.24) is 0 Å². The first-order chi connectivity index (χ1) is 8.58. The molecule has 0 radical (unpaired) electrons. The van der Waals surface area contributed by atoms with E-state index in [2.05, 4.69) is 13.8 Å². The third-order valence-corrected chi connectivity index (χ3v) is 3.09. The van der Waals surface area contributed by atoms with Gasteiger partial charge in [0.25, 0.3) is 5.91 Å². The van der Waals surface area contributed by atoms with Crippen molar-refractivity contribution >= 4 is 17.3 Å². The van der Waals surface area contributed by atoms with Crippen LogP contribution in [-0.4, -0.2) is 19.1 Å². The molecule has 18 heavy (non-hydrogen) atoms. The number of ether oxygens (including phenoxy) is 1. The lowest BCUT2D eigenvalue weighted by molar-refractivity contribution is -0.121. The molecular formula is C14H20N2O2. The van der Waals surface area contributed by atoms with Crippen molar-refractivity contribution in [2.45, 2.75) is 26.7 Å². The van der Waals surface area contributed by atoms with Crippen molar-refractivity contribution in [3.05, 3.63) is 18.2 Å². The number of hydrogen-bond donors (Lipinski definition) is 1. The van der Waals surface area contributed by atoms with Gasteiger partial charge in [-0.3, -0.25) is 4.79 Å². The fourth-order valence-electron chi connectivity index (χ4n) is 2.12. The summed E-state index contributed by atoms with van der Waals surface area (Å²) in [7, 11) is 0. The van der Waals surface area contributed by atoms with E-state index in [4.69, 9.17) is 10.5 Å². The van der Waals surface area contributed by atoms with Crippen molar-refractivity contribution < 1.29 is 9.53 Å². The Labute approximate surface area is 108 Å². The van der Waals surface area contributed by atoms with Gasteiger partial charge in [-0.15, -0.1) is 0 Å². The Kier molecular flexibility index (Phi) is 3.75. The number of hydrogen-bond acceptors (Lipinski definition) is 3. The monoisotopic (exact) mass is 248 g/mol. The summed E-state index contributed by atoms with van der Waals surface area (Å²) in [6, 6.07) is 5.43. The Morgan fingerprint density at radius 2 is 2.22 bits per heavy atom. The van der Waals surface area contributed by atoms with Gasteiger partial charge in [0.15, 0.2) is 6.61 Å². The molecule has 0 bridgehead atoms. The van der Waals surface area contributed by atoms with Crippen LogP contribution >= 0.6 is 0 Å². The molecule has 1 aliphatic rings. The molecule has 0 aliphatic carbocycles. The van der Waals surface area contributed by atoms with E-state index in [1.165, 1.54) is 0 Å². The SMILES string of the molecule is CC(C)CCCN1C(=O)COc2ccc(N)cc21. The van der Waals surface area contributed by atoms with E-state index in [1.807, 2.05) is 12.1 Å². The molecule has 0 saturated carbocycles. The van der Waals surface area contributed by atoms with E-state index in [0.717, 1.165) is 30.8 Å². The minimum absolute atomic E-state index is 0.0110. The summed E-state index contributed by atoms with van der Waals surface area (Å²) in [5, 5.41) is 0.